The summed E-state index contributed by atoms with van der Waals surface area (Å²) in [6.45, 7) is 13.8. The molecule has 0 aromatic rings. The molecule has 0 nitrogen and oxygen atoms in total. The Labute approximate surface area is 132 Å². The molecule has 4 heteroatoms. The Balaban J connectivity index is -0.0000000800. The molecule has 0 spiro atoms. The summed E-state index contributed by atoms with van der Waals surface area (Å²) in [6.07, 6.45) is 8.74. The zero-order valence-electron chi connectivity index (χ0n) is 12.0. The first kappa shape index (κ1) is 26.6. The Bertz CT molecular complexity index is 74.0. The number of halogens is 1. The standard InChI is InChI=1S/2C6H15P.BrH.Pt/c2*1-4-7(5-2)6-3;;/h2*4-6H2,1-3H3;1H;/p+2. The topological polar surface area (TPSA) is 0 Å². The Kier molecular flexibility index (Phi) is 36.9. The van der Waals surface area contributed by atoms with Gasteiger partial charge in [0.15, 0.2) is 0 Å². The summed E-state index contributed by atoms with van der Waals surface area (Å²) in [6, 6.07) is 0. The summed E-state index contributed by atoms with van der Waals surface area (Å²) in [5.74, 6) is 0. The van der Waals surface area contributed by atoms with Crippen LogP contribution in [0.15, 0.2) is 0 Å². The van der Waals surface area contributed by atoms with Crippen molar-refractivity contribution in [2.45, 2.75) is 41.5 Å². The molecule has 0 heterocycles. The molecule has 0 saturated heterocycles. The molecule has 0 radical (unpaired) electrons. The third kappa shape index (κ3) is 18.4. The predicted octanol–water partition coefficient (Wildman–Crippen LogP) is 5.10. The monoisotopic (exact) mass is 513 g/mol. The second-order valence-corrected chi connectivity index (χ2v) is 10.9. The Morgan fingerprint density at radius 3 is 0.625 bits per heavy atom. The van der Waals surface area contributed by atoms with Crippen molar-refractivity contribution < 1.29 is 21.1 Å². The first-order valence-corrected chi connectivity index (χ1v) is 10.6. The molecule has 0 N–H and O–H groups in total. The minimum absolute atomic E-state index is 0. The SMILES string of the molecule is Br.CC[PH+](CC)CC.CC[PH+](CC)CC.[Pt]. The summed E-state index contributed by atoms with van der Waals surface area (Å²) in [7, 11) is 0.275. The van der Waals surface area contributed by atoms with Gasteiger partial charge in [0.05, 0.1) is 37.0 Å². The van der Waals surface area contributed by atoms with Crippen LogP contribution in [0.4, 0.5) is 0 Å². The van der Waals surface area contributed by atoms with Crippen LogP contribution < -0.4 is 0 Å². The van der Waals surface area contributed by atoms with Gasteiger partial charge in [-0.15, -0.1) is 17.0 Å². The van der Waals surface area contributed by atoms with Gasteiger partial charge in [0.1, 0.15) is 0 Å². The molecule has 0 unspecified atom stereocenters. The smallest absolute Gasteiger partial charge is 0.0543 e. The van der Waals surface area contributed by atoms with Crippen LogP contribution in [-0.2, 0) is 21.1 Å². The van der Waals surface area contributed by atoms with Crippen molar-refractivity contribution >= 4 is 32.8 Å². The van der Waals surface area contributed by atoms with Gasteiger partial charge >= 0.3 is 0 Å². The molecule has 0 aliphatic rings. The summed E-state index contributed by atoms with van der Waals surface area (Å²) in [4.78, 5) is 0. The molecule has 0 aromatic carbocycles. The van der Waals surface area contributed by atoms with Crippen molar-refractivity contribution in [3.8, 4) is 0 Å². The van der Waals surface area contributed by atoms with E-state index in [1.54, 1.807) is 0 Å². The third-order valence-corrected chi connectivity index (χ3v) is 9.00. The van der Waals surface area contributed by atoms with Crippen LogP contribution in [0.5, 0.6) is 0 Å². The van der Waals surface area contributed by atoms with Gasteiger partial charge in [0.25, 0.3) is 0 Å². The van der Waals surface area contributed by atoms with Gasteiger partial charge in [-0.25, -0.2) is 0 Å². The van der Waals surface area contributed by atoms with Crippen molar-refractivity contribution in [2.24, 2.45) is 0 Å². The van der Waals surface area contributed by atoms with Gasteiger partial charge in [-0.05, 0) is 57.4 Å². The molecule has 106 valence electrons. The molecule has 0 atom stereocenters. The molecule has 0 rings (SSSR count). The van der Waals surface area contributed by atoms with Crippen molar-refractivity contribution in [2.75, 3.05) is 37.0 Å². The number of rotatable bonds is 6. The maximum absolute atomic E-state index is 2.31. The van der Waals surface area contributed by atoms with Gasteiger partial charge in [0.2, 0.25) is 0 Å². The predicted molar refractivity (Wildman–Crippen MR) is 90.2 cm³/mol. The summed E-state index contributed by atoms with van der Waals surface area (Å²) < 4.78 is 0. The van der Waals surface area contributed by atoms with Gasteiger partial charge < -0.3 is 0 Å². The molecule has 16 heavy (non-hydrogen) atoms. The fourth-order valence-corrected chi connectivity index (χ4v) is 4.50. The van der Waals surface area contributed by atoms with Crippen LogP contribution in [0.3, 0.4) is 0 Å². The van der Waals surface area contributed by atoms with E-state index in [1.165, 1.54) is 37.0 Å². The first-order chi connectivity index (χ1) is 6.69. The van der Waals surface area contributed by atoms with Gasteiger partial charge in [-0.2, -0.15) is 0 Å². The molecular weight excluding hydrogens is 481 g/mol. The van der Waals surface area contributed by atoms with Crippen LogP contribution in [0.1, 0.15) is 41.5 Å². The maximum atomic E-state index is 2.31. The minimum Gasteiger partial charge on any atom is -0.114 e. The zero-order valence-corrected chi connectivity index (χ0v) is 18.0. The van der Waals surface area contributed by atoms with Crippen LogP contribution in [-0.4, -0.2) is 37.0 Å². The van der Waals surface area contributed by atoms with Crippen LogP contribution in [0.2, 0.25) is 0 Å². The van der Waals surface area contributed by atoms with Gasteiger partial charge in [-0.1, -0.05) is 0 Å². The molecule has 0 bridgehead atoms. The van der Waals surface area contributed by atoms with E-state index in [9.17, 15) is 0 Å². The Morgan fingerprint density at radius 1 is 0.500 bits per heavy atom. The summed E-state index contributed by atoms with van der Waals surface area (Å²) >= 11 is 0. The van der Waals surface area contributed by atoms with E-state index in [0.29, 0.717) is 0 Å². The van der Waals surface area contributed by atoms with Crippen LogP contribution >= 0.6 is 32.8 Å². The van der Waals surface area contributed by atoms with E-state index >= 15 is 0 Å². The fourth-order valence-electron chi connectivity index (χ4n) is 1.50. The molecule has 0 aromatic heterocycles. The molecule has 0 amide bonds. The van der Waals surface area contributed by atoms with E-state index in [1.807, 2.05) is 0 Å². The number of hydrogen-bond acceptors (Lipinski definition) is 0. The molecular formula is C12H33BrP2Pt+2. The van der Waals surface area contributed by atoms with E-state index < -0.39 is 0 Å². The second kappa shape index (κ2) is 22.2. The van der Waals surface area contributed by atoms with E-state index in [0.717, 1.165) is 0 Å². The van der Waals surface area contributed by atoms with Crippen molar-refractivity contribution in [1.29, 1.82) is 0 Å². The summed E-state index contributed by atoms with van der Waals surface area (Å²) in [5, 5.41) is 0. The molecule has 0 aliphatic carbocycles. The Hall–Kier alpha value is 2.03. The van der Waals surface area contributed by atoms with Crippen molar-refractivity contribution in [3.63, 3.8) is 0 Å². The third-order valence-electron chi connectivity index (χ3n) is 3.00. The summed E-state index contributed by atoms with van der Waals surface area (Å²) in [5.41, 5.74) is 0. The van der Waals surface area contributed by atoms with Crippen LogP contribution in [0, 0.1) is 0 Å². The van der Waals surface area contributed by atoms with Gasteiger partial charge in [0, 0.05) is 21.1 Å². The molecule has 0 aliphatic heterocycles. The average molecular weight is 514 g/mol. The molecule has 0 saturated carbocycles. The van der Waals surface area contributed by atoms with Gasteiger partial charge in [-0.3, -0.25) is 0 Å². The molecule has 0 fully saturated rings. The maximum Gasteiger partial charge on any atom is 0.0543 e. The average Bonchev–Trinajstić information content (AvgIpc) is 2.24. The van der Waals surface area contributed by atoms with Crippen molar-refractivity contribution in [3.05, 3.63) is 0 Å². The first-order valence-electron chi connectivity index (χ1n) is 6.36. The van der Waals surface area contributed by atoms with Crippen molar-refractivity contribution in [1.82, 2.24) is 0 Å². The largest absolute Gasteiger partial charge is 0.114 e. The van der Waals surface area contributed by atoms with Crippen LogP contribution in [0.25, 0.3) is 0 Å². The minimum atomic E-state index is 0. The van der Waals surface area contributed by atoms with E-state index in [-0.39, 0.29) is 53.9 Å². The number of hydrogen-bond donors (Lipinski definition) is 0. The van der Waals surface area contributed by atoms with E-state index in [4.69, 9.17) is 0 Å². The quantitative estimate of drug-likeness (QED) is 0.433. The Morgan fingerprint density at radius 2 is 0.625 bits per heavy atom. The fraction of sp³-hybridized carbons (Fsp3) is 1.00. The second-order valence-electron chi connectivity index (χ2n) is 3.62. The van der Waals surface area contributed by atoms with E-state index in [2.05, 4.69) is 41.5 Å². The zero-order chi connectivity index (χ0) is 11.4. The normalized spacial score (nSPS) is 9.00.